The molecule has 4 nitrogen and oxygen atoms in total. The van der Waals surface area contributed by atoms with Crippen LogP contribution in [0.4, 0.5) is 0 Å². The van der Waals surface area contributed by atoms with Gasteiger partial charge in [0, 0.05) is 38.6 Å². The molecule has 0 spiro atoms. The molecule has 19 heavy (non-hydrogen) atoms. The fourth-order valence-corrected chi connectivity index (χ4v) is 2.40. The minimum Gasteiger partial charge on any atom is -0.340 e. The van der Waals surface area contributed by atoms with Gasteiger partial charge in [-0.2, -0.15) is 0 Å². The summed E-state index contributed by atoms with van der Waals surface area (Å²) in [5.74, 6) is 1.07. The summed E-state index contributed by atoms with van der Waals surface area (Å²) in [6, 6.07) is 0.209. The summed E-state index contributed by atoms with van der Waals surface area (Å²) in [4.78, 5) is 16.5. The first-order valence-electron chi connectivity index (χ1n) is 7.74. The molecule has 0 aromatic rings. The maximum absolute atomic E-state index is 12.0. The van der Waals surface area contributed by atoms with E-state index in [1.807, 2.05) is 11.8 Å². The Bertz CT molecular complexity index is 258. The van der Waals surface area contributed by atoms with Crippen molar-refractivity contribution in [2.75, 3.05) is 32.7 Å². The summed E-state index contributed by atoms with van der Waals surface area (Å²) in [6.07, 6.45) is 3.78. The third-order valence-corrected chi connectivity index (χ3v) is 3.80. The zero-order chi connectivity index (χ0) is 14.3. The van der Waals surface area contributed by atoms with Gasteiger partial charge in [-0.25, -0.2) is 0 Å². The first-order valence-corrected chi connectivity index (χ1v) is 7.74. The molecule has 1 unspecified atom stereocenters. The van der Waals surface area contributed by atoms with Gasteiger partial charge in [0.05, 0.1) is 0 Å². The van der Waals surface area contributed by atoms with Gasteiger partial charge < -0.3 is 10.6 Å². The Hall–Kier alpha value is -0.610. The van der Waals surface area contributed by atoms with E-state index in [2.05, 4.69) is 18.7 Å². The number of carbonyl (C=O) groups excluding carboxylic acids is 1. The van der Waals surface area contributed by atoms with Gasteiger partial charge in [0.2, 0.25) is 5.91 Å². The molecule has 112 valence electrons. The van der Waals surface area contributed by atoms with Crippen LogP contribution in [0.15, 0.2) is 0 Å². The van der Waals surface area contributed by atoms with E-state index in [9.17, 15) is 4.79 Å². The topological polar surface area (TPSA) is 49.6 Å². The lowest BCUT2D eigenvalue weighted by molar-refractivity contribution is -0.133. The normalized spacial score (nSPS) is 18.9. The van der Waals surface area contributed by atoms with Crippen LogP contribution >= 0.6 is 0 Å². The van der Waals surface area contributed by atoms with Crippen LogP contribution in [0.25, 0.3) is 0 Å². The van der Waals surface area contributed by atoms with Crippen LogP contribution in [-0.4, -0.2) is 54.5 Å². The average Bonchev–Trinajstić information content (AvgIpc) is 2.36. The number of hydrogen-bond donors (Lipinski definition) is 1. The van der Waals surface area contributed by atoms with Crippen LogP contribution in [0.1, 0.15) is 46.5 Å². The molecule has 1 aliphatic rings. The Labute approximate surface area is 118 Å². The minimum atomic E-state index is 0.209. The van der Waals surface area contributed by atoms with Crippen molar-refractivity contribution >= 4 is 5.91 Å². The molecule has 1 fully saturated rings. The van der Waals surface area contributed by atoms with Crippen molar-refractivity contribution in [2.45, 2.75) is 52.5 Å². The maximum Gasteiger partial charge on any atom is 0.222 e. The molecule has 0 bridgehead atoms. The van der Waals surface area contributed by atoms with Crippen LogP contribution in [0.5, 0.6) is 0 Å². The highest BCUT2D eigenvalue weighted by molar-refractivity contribution is 5.76. The zero-order valence-corrected chi connectivity index (χ0v) is 12.9. The molecule has 1 rings (SSSR count). The van der Waals surface area contributed by atoms with E-state index in [4.69, 9.17) is 5.73 Å². The highest BCUT2D eigenvalue weighted by Crippen LogP contribution is 2.09. The van der Waals surface area contributed by atoms with Crippen molar-refractivity contribution in [1.82, 2.24) is 9.80 Å². The van der Waals surface area contributed by atoms with Gasteiger partial charge in [0.1, 0.15) is 0 Å². The van der Waals surface area contributed by atoms with Gasteiger partial charge >= 0.3 is 0 Å². The molecule has 1 heterocycles. The van der Waals surface area contributed by atoms with Gasteiger partial charge in [-0.3, -0.25) is 9.69 Å². The van der Waals surface area contributed by atoms with Gasteiger partial charge in [-0.05, 0) is 38.6 Å². The number of piperazine rings is 1. The summed E-state index contributed by atoms with van der Waals surface area (Å²) < 4.78 is 0. The molecule has 4 heteroatoms. The van der Waals surface area contributed by atoms with Crippen LogP contribution in [0.2, 0.25) is 0 Å². The second kappa shape index (κ2) is 8.54. The zero-order valence-electron chi connectivity index (χ0n) is 12.9. The Kier molecular flexibility index (Phi) is 7.39. The van der Waals surface area contributed by atoms with Crippen LogP contribution < -0.4 is 5.73 Å². The third-order valence-electron chi connectivity index (χ3n) is 3.80. The number of rotatable bonds is 7. The molecule has 1 saturated heterocycles. The summed E-state index contributed by atoms with van der Waals surface area (Å²) in [5.41, 5.74) is 5.70. The third kappa shape index (κ3) is 6.92. The van der Waals surface area contributed by atoms with Crippen molar-refractivity contribution in [3.8, 4) is 0 Å². The molecule has 0 aromatic heterocycles. The van der Waals surface area contributed by atoms with Crippen molar-refractivity contribution in [2.24, 2.45) is 11.7 Å². The van der Waals surface area contributed by atoms with E-state index in [-0.39, 0.29) is 6.04 Å². The highest BCUT2D eigenvalue weighted by Gasteiger charge is 2.20. The smallest absolute Gasteiger partial charge is 0.222 e. The molecule has 0 radical (unpaired) electrons. The predicted octanol–water partition coefficient (Wildman–Crippen LogP) is 1.69. The van der Waals surface area contributed by atoms with Gasteiger partial charge in [0.15, 0.2) is 0 Å². The summed E-state index contributed by atoms with van der Waals surface area (Å²) in [5, 5.41) is 0. The van der Waals surface area contributed by atoms with Crippen LogP contribution in [0, 0.1) is 5.92 Å². The SMILES string of the molecule is CC(C)CCN1CCN(C(=O)CCCC(C)N)CC1. The number of nitrogens with two attached hydrogens (primary N) is 1. The lowest BCUT2D eigenvalue weighted by Crippen LogP contribution is -2.48. The van der Waals surface area contributed by atoms with Crippen molar-refractivity contribution in [1.29, 1.82) is 0 Å². The first kappa shape index (κ1) is 16.4. The average molecular weight is 269 g/mol. The molecule has 1 aliphatic heterocycles. The molecule has 0 saturated carbocycles. The molecule has 0 aliphatic carbocycles. The number of carbonyl (C=O) groups is 1. The van der Waals surface area contributed by atoms with Crippen molar-refractivity contribution in [3.05, 3.63) is 0 Å². The minimum absolute atomic E-state index is 0.209. The standard InChI is InChI=1S/C15H31N3O/c1-13(2)7-8-17-9-11-18(12-10-17)15(19)6-4-5-14(3)16/h13-14H,4-12,16H2,1-3H3. The van der Waals surface area contributed by atoms with Crippen molar-refractivity contribution in [3.63, 3.8) is 0 Å². The van der Waals surface area contributed by atoms with Gasteiger partial charge in [-0.15, -0.1) is 0 Å². The van der Waals surface area contributed by atoms with Crippen LogP contribution in [0.3, 0.4) is 0 Å². The Morgan fingerprint density at radius 3 is 2.26 bits per heavy atom. The molecular formula is C15H31N3O. The molecular weight excluding hydrogens is 238 g/mol. The number of nitrogens with zero attached hydrogens (tertiary/aromatic N) is 2. The monoisotopic (exact) mass is 269 g/mol. The molecule has 2 N–H and O–H groups in total. The molecule has 1 amide bonds. The predicted molar refractivity (Wildman–Crippen MR) is 80.0 cm³/mol. The van der Waals surface area contributed by atoms with E-state index in [0.717, 1.165) is 44.9 Å². The number of amides is 1. The fourth-order valence-electron chi connectivity index (χ4n) is 2.40. The van der Waals surface area contributed by atoms with E-state index < -0.39 is 0 Å². The largest absolute Gasteiger partial charge is 0.340 e. The fraction of sp³-hybridized carbons (Fsp3) is 0.933. The second-order valence-corrected chi connectivity index (χ2v) is 6.27. The van der Waals surface area contributed by atoms with E-state index in [1.165, 1.54) is 13.0 Å². The summed E-state index contributed by atoms with van der Waals surface area (Å²) in [6.45, 7) is 11.6. The Balaban J connectivity index is 2.16. The lowest BCUT2D eigenvalue weighted by atomic mass is 10.1. The summed E-state index contributed by atoms with van der Waals surface area (Å²) in [7, 11) is 0. The van der Waals surface area contributed by atoms with Gasteiger partial charge in [-0.1, -0.05) is 13.8 Å². The quantitative estimate of drug-likeness (QED) is 0.765. The molecule has 0 aromatic carbocycles. The second-order valence-electron chi connectivity index (χ2n) is 6.27. The Morgan fingerprint density at radius 1 is 1.11 bits per heavy atom. The van der Waals surface area contributed by atoms with E-state index in [0.29, 0.717) is 12.3 Å². The first-order chi connectivity index (χ1) is 8.99. The highest BCUT2D eigenvalue weighted by atomic mass is 16.2. The van der Waals surface area contributed by atoms with Crippen molar-refractivity contribution < 1.29 is 4.79 Å². The summed E-state index contributed by atoms with van der Waals surface area (Å²) >= 11 is 0. The molecule has 1 atom stereocenters. The number of hydrogen-bond acceptors (Lipinski definition) is 3. The van der Waals surface area contributed by atoms with Gasteiger partial charge in [0.25, 0.3) is 0 Å². The lowest BCUT2D eigenvalue weighted by Gasteiger charge is -2.35. The Morgan fingerprint density at radius 2 is 1.74 bits per heavy atom. The van der Waals surface area contributed by atoms with Crippen LogP contribution in [-0.2, 0) is 4.79 Å². The maximum atomic E-state index is 12.0. The van der Waals surface area contributed by atoms with E-state index in [1.54, 1.807) is 0 Å². The van der Waals surface area contributed by atoms with E-state index >= 15 is 0 Å².